The standard InChI is InChI=1S/C14H16FNO4/c1-2-20-8-7-13(17)16-11-4-5-12(15)10(9-11)3-6-14(18)19/h3-6,9H,2,7-8H2,1H3,(H,16,17)(H,18,19)/b6-3+. The number of carbonyl (C=O) groups is 2. The lowest BCUT2D eigenvalue weighted by molar-refractivity contribution is -0.131. The van der Waals surface area contributed by atoms with E-state index in [1.165, 1.54) is 18.2 Å². The van der Waals surface area contributed by atoms with Crippen molar-refractivity contribution in [1.82, 2.24) is 0 Å². The second-order valence-corrected chi connectivity index (χ2v) is 3.90. The molecule has 0 aromatic heterocycles. The molecule has 0 bridgehead atoms. The van der Waals surface area contributed by atoms with Gasteiger partial charge >= 0.3 is 5.97 Å². The average molecular weight is 281 g/mol. The SMILES string of the molecule is CCOCCC(=O)Nc1ccc(F)c(/C=C/C(=O)O)c1. The first-order valence-electron chi connectivity index (χ1n) is 6.11. The molecule has 0 spiro atoms. The number of amides is 1. The first-order chi connectivity index (χ1) is 9.52. The van der Waals surface area contributed by atoms with E-state index in [0.717, 1.165) is 12.2 Å². The Morgan fingerprint density at radius 3 is 2.85 bits per heavy atom. The van der Waals surface area contributed by atoms with Crippen LogP contribution in [-0.4, -0.2) is 30.2 Å². The number of carboxylic acids is 1. The maximum Gasteiger partial charge on any atom is 0.328 e. The highest BCUT2D eigenvalue weighted by Gasteiger charge is 2.05. The summed E-state index contributed by atoms with van der Waals surface area (Å²) < 4.78 is 18.5. The van der Waals surface area contributed by atoms with Gasteiger partial charge in [-0.25, -0.2) is 9.18 Å². The minimum absolute atomic E-state index is 0.0926. The van der Waals surface area contributed by atoms with Crippen LogP contribution in [0.1, 0.15) is 18.9 Å². The minimum atomic E-state index is -1.17. The first-order valence-corrected chi connectivity index (χ1v) is 6.11. The predicted molar refractivity (Wildman–Crippen MR) is 72.8 cm³/mol. The zero-order chi connectivity index (χ0) is 15.0. The predicted octanol–water partition coefficient (Wildman–Crippen LogP) is 2.29. The summed E-state index contributed by atoms with van der Waals surface area (Å²) in [4.78, 5) is 22.0. The van der Waals surface area contributed by atoms with Crippen LogP contribution in [-0.2, 0) is 14.3 Å². The molecule has 2 N–H and O–H groups in total. The van der Waals surface area contributed by atoms with E-state index in [9.17, 15) is 14.0 Å². The van der Waals surface area contributed by atoms with Crippen molar-refractivity contribution in [2.24, 2.45) is 0 Å². The van der Waals surface area contributed by atoms with Crippen molar-refractivity contribution in [2.45, 2.75) is 13.3 Å². The highest BCUT2D eigenvalue weighted by atomic mass is 19.1. The summed E-state index contributed by atoms with van der Waals surface area (Å²) >= 11 is 0. The Bertz CT molecular complexity index is 514. The lowest BCUT2D eigenvalue weighted by atomic mass is 10.1. The second-order valence-electron chi connectivity index (χ2n) is 3.90. The third-order valence-electron chi connectivity index (χ3n) is 2.36. The van der Waals surface area contributed by atoms with Crippen molar-refractivity contribution >= 4 is 23.6 Å². The van der Waals surface area contributed by atoms with Crippen LogP contribution in [0.3, 0.4) is 0 Å². The summed E-state index contributed by atoms with van der Waals surface area (Å²) in [5.41, 5.74) is 0.493. The van der Waals surface area contributed by atoms with E-state index >= 15 is 0 Å². The Hall–Kier alpha value is -2.21. The van der Waals surface area contributed by atoms with Gasteiger partial charge in [0.1, 0.15) is 5.82 Å². The number of anilines is 1. The quantitative estimate of drug-likeness (QED) is 0.594. The van der Waals surface area contributed by atoms with Gasteiger partial charge in [0.2, 0.25) is 5.91 Å². The van der Waals surface area contributed by atoms with Crippen LogP contribution in [0.5, 0.6) is 0 Å². The molecular formula is C14H16FNO4. The third-order valence-corrected chi connectivity index (χ3v) is 2.36. The van der Waals surface area contributed by atoms with E-state index in [1.807, 2.05) is 6.92 Å². The minimum Gasteiger partial charge on any atom is -0.478 e. The van der Waals surface area contributed by atoms with Crippen LogP contribution < -0.4 is 5.32 Å². The van der Waals surface area contributed by atoms with Crippen molar-refractivity contribution in [2.75, 3.05) is 18.5 Å². The number of carboxylic acid groups (broad SMARTS) is 1. The number of hydrogen-bond acceptors (Lipinski definition) is 3. The number of ether oxygens (including phenoxy) is 1. The molecule has 0 saturated carbocycles. The van der Waals surface area contributed by atoms with Crippen LogP contribution in [0.4, 0.5) is 10.1 Å². The van der Waals surface area contributed by atoms with Gasteiger partial charge in [-0.2, -0.15) is 0 Å². The molecule has 0 aliphatic rings. The fraction of sp³-hybridized carbons (Fsp3) is 0.286. The second kappa shape index (κ2) is 8.06. The van der Waals surface area contributed by atoms with Crippen molar-refractivity contribution in [3.63, 3.8) is 0 Å². The van der Waals surface area contributed by atoms with Gasteiger partial charge in [0, 0.05) is 23.9 Å². The number of rotatable bonds is 7. The molecule has 0 aliphatic carbocycles. The highest BCUT2D eigenvalue weighted by molar-refractivity contribution is 5.91. The summed E-state index contributed by atoms with van der Waals surface area (Å²) in [5, 5.41) is 11.1. The summed E-state index contributed by atoms with van der Waals surface area (Å²) in [7, 11) is 0. The molecule has 1 aromatic carbocycles. The van der Waals surface area contributed by atoms with E-state index in [0.29, 0.717) is 18.9 Å². The van der Waals surface area contributed by atoms with Gasteiger partial charge in [-0.15, -0.1) is 0 Å². The molecule has 0 aliphatic heterocycles. The van der Waals surface area contributed by atoms with E-state index < -0.39 is 11.8 Å². The monoisotopic (exact) mass is 281 g/mol. The number of benzene rings is 1. The molecule has 1 rings (SSSR count). The van der Waals surface area contributed by atoms with E-state index in [1.54, 1.807) is 0 Å². The summed E-state index contributed by atoms with van der Waals surface area (Å²) in [6, 6.07) is 3.94. The Morgan fingerprint density at radius 2 is 2.20 bits per heavy atom. The molecule has 0 heterocycles. The zero-order valence-corrected chi connectivity index (χ0v) is 11.1. The fourth-order valence-corrected chi connectivity index (χ4v) is 1.44. The molecular weight excluding hydrogens is 265 g/mol. The van der Waals surface area contributed by atoms with Gasteiger partial charge < -0.3 is 15.2 Å². The van der Waals surface area contributed by atoms with Crippen LogP contribution in [0.25, 0.3) is 6.08 Å². The van der Waals surface area contributed by atoms with Gasteiger partial charge in [0.05, 0.1) is 13.0 Å². The van der Waals surface area contributed by atoms with Gasteiger partial charge in [0.25, 0.3) is 0 Å². The Labute approximate surface area is 116 Å². The third kappa shape index (κ3) is 5.62. The smallest absolute Gasteiger partial charge is 0.328 e. The lowest BCUT2D eigenvalue weighted by Gasteiger charge is -2.07. The van der Waals surface area contributed by atoms with Gasteiger partial charge in [-0.1, -0.05) is 0 Å². The van der Waals surface area contributed by atoms with Gasteiger partial charge in [0.15, 0.2) is 0 Å². The molecule has 108 valence electrons. The molecule has 0 saturated heterocycles. The Morgan fingerprint density at radius 1 is 1.45 bits per heavy atom. The number of aliphatic carboxylic acids is 1. The Kier molecular flexibility index (Phi) is 6.39. The fourth-order valence-electron chi connectivity index (χ4n) is 1.44. The topological polar surface area (TPSA) is 75.6 Å². The summed E-state index contributed by atoms with van der Waals surface area (Å²) in [5.74, 6) is -1.98. The maximum absolute atomic E-state index is 13.4. The largest absolute Gasteiger partial charge is 0.478 e. The summed E-state index contributed by atoms with van der Waals surface area (Å²) in [6.07, 6.45) is 2.16. The lowest BCUT2D eigenvalue weighted by Crippen LogP contribution is -2.14. The van der Waals surface area contributed by atoms with E-state index in [-0.39, 0.29) is 17.9 Å². The number of carbonyl (C=O) groups excluding carboxylic acids is 1. The molecule has 6 heteroatoms. The average Bonchev–Trinajstić information content (AvgIpc) is 2.39. The molecule has 0 radical (unpaired) electrons. The molecule has 20 heavy (non-hydrogen) atoms. The van der Waals surface area contributed by atoms with Crippen LogP contribution in [0.15, 0.2) is 24.3 Å². The van der Waals surface area contributed by atoms with Crippen molar-refractivity contribution in [3.8, 4) is 0 Å². The maximum atomic E-state index is 13.4. The highest BCUT2D eigenvalue weighted by Crippen LogP contribution is 2.16. The van der Waals surface area contributed by atoms with Crippen LogP contribution in [0, 0.1) is 5.82 Å². The van der Waals surface area contributed by atoms with Gasteiger partial charge in [-0.05, 0) is 31.2 Å². The van der Waals surface area contributed by atoms with Crippen molar-refractivity contribution in [1.29, 1.82) is 0 Å². The molecule has 1 aromatic rings. The van der Waals surface area contributed by atoms with Crippen molar-refractivity contribution < 1.29 is 23.8 Å². The molecule has 1 amide bonds. The molecule has 0 atom stereocenters. The number of hydrogen-bond donors (Lipinski definition) is 2. The summed E-state index contributed by atoms with van der Waals surface area (Å²) in [6.45, 7) is 2.68. The zero-order valence-electron chi connectivity index (χ0n) is 11.1. The molecule has 0 fully saturated rings. The van der Waals surface area contributed by atoms with Crippen LogP contribution in [0.2, 0.25) is 0 Å². The molecule has 5 nitrogen and oxygen atoms in total. The van der Waals surface area contributed by atoms with Crippen LogP contribution >= 0.6 is 0 Å². The normalized spacial score (nSPS) is 10.7. The molecule has 0 unspecified atom stereocenters. The van der Waals surface area contributed by atoms with Gasteiger partial charge in [-0.3, -0.25) is 4.79 Å². The van der Waals surface area contributed by atoms with E-state index in [4.69, 9.17) is 9.84 Å². The number of halogens is 1. The number of nitrogens with one attached hydrogen (secondary N) is 1. The Balaban J connectivity index is 2.69. The van der Waals surface area contributed by atoms with Crippen molar-refractivity contribution in [3.05, 3.63) is 35.7 Å². The van der Waals surface area contributed by atoms with E-state index in [2.05, 4.69) is 5.32 Å². The first kappa shape index (κ1) is 15.8.